The van der Waals surface area contributed by atoms with Crippen molar-refractivity contribution >= 4 is 54.5 Å². The Hall–Kier alpha value is -7.43. The van der Waals surface area contributed by atoms with E-state index in [1.54, 1.807) is 0 Å². The summed E-state index contributed by atoms with van der Waals surface area (Å²) in [5.74, 6) is 0. The molecule has 0 aliphatic carbocycles. The fraction of sp³-hybridized carbons (Fsp3) is 0. The molecule has 4 nitrogen and oxygen atoms in total. The average molecular weight is 701 g/mol. The Morgan fingerprint density at radius 2 is 0.800 bits per heavy atom. The number of fused-ring (bicyclic) bond motifs is 8. The Labute approximate surface area is 317 Å². The van der Waals surface area contributed by atoms with Crippen LogP contribution in [0.1, 0.15) is 0 Å². The van der Waals surface area contributed by atoms with Gasteiger partial charge >= 0.3 is 0 Å². The Bertz CT molecular complexity index is 3170. The normalized spacial score (nSPS) is 11.6. The highest BCUT2D eigenvalue weighted by atomic mass is 15.0. The van der Waals surface area contributed by atoms with Gasteiger partial charge in [-0.15, -0.1) is 0 Å². The highest BCUT2D eigenvalue weighted by Crippen LogP contribution is 2.44. The molecule has 0 unspecified atom stereocenters. The smallest absolute Gasteiger partial charge is 0.0981 e. The molecule has 8 aromatic carbocycles. The van der Waals surface area contributed by atoms with Crippen molar-refractivity contribution in [2.24, 2.45) is 0 Å². The van der Waals surface area contributed by atoms with Crippen molar-refractivity contribution in [1.82, 2.24) is 19.5 Å². The zero-order chi connectivity index (χ0) is 36.3. The van der Waals surface area contributed by atoms with E-state index < -0.39 is 0 Å². The van der Waals surface area contributed by atoms with Gasteiger partial charge in [-0.3, -0.25) is 0 Å². The molecule has 0 radical (unpaired) electrons. The molecule has 0 N–H and O–H groups in total. The summed E-state index contributed by atoms with van der Waals surface area (Å²) in [5.41, 5.74) is 14.0. The maximum atomic E-state index is 5.58. The molecule has 0 spiro atoms. The Kier molecular flexibility index (Phi) is 7.14. The summed E-state index contributed by atoms with van der Waals surface area (Å²) in [5, 5.41) is 5.65. The minimum atomic E-state index is 0.836. The van der Waals surface area contributed by atoms with E-state index in [0.717, 1.165) is 83.3 Å². The minimum Gasteiger partial charge on any atom is -0.309 e. The van der Waals surface area contributed by atoms with Gasteiger partial charge in [0, 0.05) is 49.3 Å². The molecule has 0 fully saturated rings. The third-order valence-electron chi connectivity index (χ3n) is 10.8. The molecule has 3 aromatic heterocycles. The molecule has 0 aliphatic heterocycles. The first-order valence-corrected chi connectivity index (χ1v) is 18.6. The van der Waals surface area contributed by atoms with Crippen LogP contribution in [0.25, 0.3) is 105 Å². The third-order valence-corrected chi connectivity index (χ3v) is 10.8. The number of hydrogen-bond acceptors (Lipinski definition) is 3. The van der Waals surface area contributed by atoms with E-state index in [4.69, 9.17) is 15.0 Å². The summed E-state index contributed by atoms with van der Waals surface area (Å²) in [6, 6.07) is 68.2. The van der Waals surface area contributed by atoms with E-state index in [-0.39, 0.29) is 0 Å². The van der Waals surface area contributed by atoms with Crippen LogP contribution in [-0.2, 0) is 0 Å². The molecule has 256 valence electrons. The molecule has 11 aromatic rings. The third kappa shape index (κ3) is 5.03. The van der Waals surface area contributed by atoms with E-state index >= 15 is 0 Å². The van der Waals surface area contributed by atoms with Gasteiger partial charge in [0.2, 0.25) is 0 Å². The first-order chi connectivity index (χ1) is 27.3. The number of rotatable bonds is 5. The molecular weight excluding hydrogens is 669 g/mol. The van der Waals surface area contributed by atoms with E-state index in [9.17, 15) is 0 Å². The predicted molar refractivity (Wildman–Crippen MR) is 228 cm³/mol. The lowest BCUT2D eigenvalue weighted by Crippen LogP contribution is -2.00. The summed E-state index contributed by atoms with van der Waals surface area (Å²) < 4.78 is 2.36. The fourth-order valence-electron chi connectivity index (χ4n) is 8.28. The van der Waals surface area contributed by atoms with Gasteiger partial charge in [-0.05, 0) is 47.5 Å². The number of hydrogen-bond donors (Lipinski definition) is 0. The van der Waals surface area contributed by atoms with E-state index in [1.165, 1.54) is 21.8 Å². The molecular formula is C51H32N4. The monoisotopic (exact) mass is 700 g/mol. The Morgan fingerprint density at radius 3 is 1.40 bits per heavy atom. The maximum Gasteiger partial charge on any atom is 0.0981 e. The second-order valence-corrected chi connectivity index (χ2v) is 14.0. The molecule has 11 rings (SSSR count). The number of para-hydroxylation sites is 3. The molecule has 0 saturated carbocycles. The quantitative estimate of drug-likeness (QED) is 0.168. The van der Waals surface area contributed by atoms with Crippen LogP contribution in [-0.4, -0.2) is 19.5 Å². The molecule has 3 heterocycles. The van der Waals surface area contributed by atoms with Crippen LogP contribution >= 0.6 is 0 Å². The first kappa shape index (κ1) is 31.1. The molecule has 4 heteroatoms. The molecule has 55 heavy (non-hydrogen) atoms. The van der Waals surface area contributed by atoms with E-state index in [0.29, 0.717) is 0 Å². The molecule has 0 amide bonds. The summed E-state index contributed by atoms with van der Waals surface area (Å²) in [6.45, 7) is 0. The van der Waals surface area contributed by atoms with Crippen molar-refractivity contribution < 1.29 is 0 Å². The second kappa shape index (κ2) is 12.6. The molecule has 0 bridgehead atoms. The van der Waals surface area contributed by atoms with Crippen LogP contribution in [0.15, 0.2) is 194 Å². The number of benzene rings is 8. The topological polar surface area (TPSA) is 43.6 Å². The van der Waals surface area contributed by atoms with Crippen LogP contribution in [0.5, 0.6) is 0 Å². The van der Waals surface area contributed by atoms with Crippen molar-refractivity contribution in [2.75, 3.05) is 0 Å². The van der Waals surface area contributed by atoms with Gasteiger partial charge < -0.3 is 4.57 Å². The number of pyridine rings is 1. The second-order valence-electron chi connectivity index (χ2n) is 14.0. The summed E-state index contributed by atoms with van der Waals surface area (Å²) >= 11 is 0. The maximum absolute atomic E-state index is 5.58. The van der Waals surface area contributed by atoms with Gasteiger partial charge in [0.1, 0.15) is 0 Å². The zero-order valence-electron chi connectivity index (χ0n) is 29.8. The highest BCUT2D eigenvalue weighted by Gasteiger charge is 2.22. The lowest BCUT2D eigenvalue weighted by Gasteiger charge is -2.18. The minimum absolute atomic E-state index is 0.836. The average Bonchev–Trinajstić information content (AvgIpc) is 3.60. The summed E-state index contributed by atoms with van der Waals surface area (Å²) in [7, 11) is 0. The van der Waals surface area contributed by atoms with Gasteiger partial charge in [-0.1, -0.05) is 158 Å². The predicted octanol–water partition coefficient (Wildman–Crippen LogP) is 13.1. The van der Waals surface area contributed by atoms with E-state index in [1.807, 2.05) is 12.1 Å². The van der Waals surface area contributed by atoms with Crippen molar-refractivity contribution in [3.05, 3.63) is 194 Å². The lowest BCUT2D eigenvalue weighted by molar-refractivity contribution is 1.18. The van der Waals surface area contributed by atoms with Gasteiger partial charge in [0.05, 0.1) is 44.7 Å². The molecule has 0 saturated heterocycles. The van der Waals surface area contributed by atoms with Crippen LogP contribution in [0.3, 0.4) is 0 Å². The fourth-order valence-corrected chi connectivity index (χ4v) is 8.28. The van der Waals surface area contributed by atoms with E-state index in [2.05, 4.69) is 187 Å². The molecule has 0 aliphatic rings. The standard InChI is InChI=1S/C51H32N4/c1-4-16-34(17-5-1)48-47-41(33-28-30-37(31-29-33)55-44-26-14-11-22-38(44)39-23-12-15-27-45(39)55)32-43-51(46(47)40-24-10-13-25-42(40)52-48)54-50(36-20-8-3-9-21-36)49(53-43)35-18-6-2-7-19-35/h1-32H. The largest absolute Gasteiger partial charge is 0.309 e. The van der Waals surface area contributed by atoms with Crippen molar-refractivity contribution in [2.45, 2.75) is 0 Å². The van der Waals surface area contributed by atoms with Crippen LogP contribution in [0.2, 0.25) is 0 Å². The SMILES string of the molecule is c1ccc(-c2nc3cc(-c4ccc(-n5c6ccccc6c6ccccc65)cc4)c4c(-c5ccccc5)nc5ccccc5c4c3nc2-c2ccccc2)cc1. The lowest BCUT2D eigenvalue weighted by atomic mass is 9.91. The van der Waals surface area contributed by atoms with Crippen LogP contribution in [0.4, 0.5) is 0 Å². The van der Waals surface area contributed by atoms with Gasteiger partial charge in [0.25, 0.3) is 0 Å². The summed E-state index contributed by atoms with van der Waals surface area (Å²) in [6.07, 6.45) is 0. The Balaban J connectivity index is 1.24. The van der Waals surface area contributed by atoms with Gasteiger partial charge in [0.15, 0.2) is 0 Å². The molecule has 0 atom stereocenters. The Morgan fingerprint density at radius 1 is 0.327 bits per heavy atom. The number of nitrogens with zero attached hydrogens (tertiary/aromatic N) is 4. The summed E-state index contributed by atoms with van der Waals surface area (Å²) in [4.78, 5) is 16.5. The highest BCUT2D eigenvalue weighted by molar-refractivity contribution is 6.25. The van der Waals surface area contributed by atoms with Crippen LogP contribution < -0.4 is 0 Å². The number of aromatic nitrogens is 4. The van der Waals surface area contributed by atoms with Crippen molar-refractivity contribution in [1.29, 1.82) is 0 Å². The van der Waals surface area contributed by atoms with Gasteiger partial charge in [-0.25, -0.2) is 15.0 Å². The van der Waals surface area contributed by atoms with Gasteiger partial charge in [-0.2, -0.15) is 0 Å². The van der Waals surface area contributed by atoms with Crippen molar-refractivity contribution in [3.8, 4) is 50.6 Å². The zero-order valence-corrected chi connectivity index (χ0v) is 29.8. The first-order valence-electron chi connectivity index (χ1n) is 18.6. The van der Waals surface area contributed by atoms with Crippen LogP contribution in [0, 0.1) is 0 Å². The van der Waals surface area contributed by atoms with Crippen molar-refractivity contribution in [3.63, 3.8) is 0 Å².